The molecule has 12 rings (SSSR count). The molecule has 4 aromatic heterocycles. The predicted molar refractivity (Wildman–Crippen MR) is 322 cm³/mol. The molecule has 2 N–H and O–H groups in total. The summed E-state index contributed by atoms with van der Waals surface area (Å²) in [6.45, 7) is 14.6. The number of piperazine rings is 2. The second-order valence-electron chi connectivity index (χ2n) is 23.8. The minimum absolute atomic E-state index is 0.0490. The van der Waals surface area contributed by atoms with Gasteiger partial charge in [0.1, 0.15) is 17.8 Å². The SMILES string of the molecule is COCC(=O)N[C@H](C1=Cc2cccnc2[C@@H](N2CCN(C(=O)OC(C)C)CC2)c2ccc(C)cc21)c1cncn1C.Cn1cncc1[C@H](NC(=O)OC1(C)CC1)C1=Cc2cccnc2[C@@H](N2CCN(C(=O)OC3(C)CC3)CC2)c2ccc(Cl)cc21. The Balaban J connectivity index is 0.000000178. The molecule has 4 amide bonds. The van der Waals surface area contributed by atoms with Crippen molar-refractivity contribution in [1.29, 1.82) is 0 Å². The number of aryl methyl sites for hydroxylation is 3. The van der Waals surface area contributed by atoms with Crippen molar-refractivity contribution in [2.75, 3.05) is 66.1 Å². The highest BCUT2D eigenvalue weighted by Gasteiger charge is 2.45. The van der Waals surface area contributed by atoms with E-state index in [2.05, 4.69) is 85.9 Å². The number of halogens is 1. The van der Waals surface area contributed by atoms with Crippen molar-refractivity contribution in [2.45, 2.75) is 102 Å². The van der Waals surface area contributed by atoms with Gasteiger partial charge >= 0.3 is 18.3 Å². The third-order valence-corrected chi connectivity index (χ3v) is 17.1. The van der Waals surface area contributed by atoms with E-state index < -0.39 is 23.8 Å². The number of ether oxygens (including phenoxy) is 4. The Morgan fingerprint density at radius 1 is 0.659 bits per heavy atom. The number of carbonyl (C=O) groups is 4. The quantitative estimate of drug-likeness (QED) is 0.103. The molecule has 0 bridgehead atoms. The lowest BCUT2D eigenvalue weighted by molar-refractivity contribution is -0.125. The number of pyridine rings is 2. The Labute approximate surface area is 501 Å². The summed E-state index contributed by atoms with van der Waals surface area (Å²) < 4.78 is 26.0. The molecule has 6 heterocycles. The molecule has 4 fully saturated rings. The summed E-state index contributed by atoms with van der Waals surface area (Å²) in [6.07, 6.45) is 17.3. The van der Waals surface area contributed by atoms with E-state index in [1.165, 1.54) is 7.11 Å². The molecule has 0 radical (unpaired) electrons. The second kappa shape index (κ2) is 24.6. The molecule has 21 heteroatoms. The van der Waals surface area contributed by atoms with Crippen LogP contribution in [-0.2, 0) is 37.8 Å². The Morgan fingerprint density at radius 2 is 1.15 bits per heavy atom. The van der Waals surface area contributed by atoms with Gasteiger partial charge in [-0.05, 0) is 141 Å². The molecule has 6 aliphatic rings. The molecule has 4 atom stereocenters. The topological polar surface area (TPSA) is 204 Å². The van der Waals surface area contributed by atoms with Gasteiger partial charge in [-0.3, -0.25) is 24.6 Å². The summed E-state index contributed by atoms with van der Waals surface area (Å²) in [4.78, 5) is 78.5. The van der Waals surface area contributed by atoms with E-state index in [0.717, 1.165) is 98.5 Å². The fourth-order valence-corrected chi connectivity index (χ4v) is 12.0. The van der Waals surface area contributed by atoms with Crippen LogP contribution in [0.3, 0.4) is 0 Å². The summed E-state index contributed by atoms with van der Waals surface area (Å²) in [6, 6.07) is 19.0. The number of benzene rings is 2. The summed E-state index contributed by atoms with van der Waals surface area (Å²) in [5.74, 6) is -0.217. The number of amides is 4. The Morgan fingerprint density at radius 3 is 1.65 bits per heavy atom. The van der Waals surface area contributed by atoms with Crippen LogP contribution < -0.4 is 10.6 Å². The molecule has 2 saturated heterocycles. The normalized spacial score (nSPS) is 20.0. The molecule has 0 spiro atoms. The van der Waals surface area contributed by atoms with E-state index in [9.17, 15) is 19.2 Å². The van der Waals surface area contributed by atoms with Gasteiger partial charge in [-0.15, -0.1) is 0 Å². The van der Waals surface area contributed by atoms with Gasteiger partial charge in [0.05, 0.1) is 78.1 Å². The first-order chi connectivity index (χ1) is 40.9. The Hall–Kier alpha value is -7.91. The molecular weight excluding hydrogens is 1100 g/mol. The van der Waals surface area contributed by atoms with E-state index in [0.29, 0.717) is 57.4 Å². The smallest absolute Gasteiger partial charge is 0.410 e. The highest BCUT2D eigenvalue weighted by molar-refractivity contribution is 6.30. The van der Waals surface area contributed by atoms with Crippen LogP contribution in [0.5, 0.6) is 0 Å². The van der Waals surface area contributed by atoms with Gasteiger partial charge in [0.15, 0.2) is 0 Å². The number of nitrogens with zero attached hydrogens (tertiary/aromatic N) is 10. The van der Waals surface area contributed by atoms with Crippen molar-refractivity contribution in [1.82, 2.24) is 59.3 Å². The highest BCUT2D eigenvalue weighted by atomic mass is 35.5. The van der Waals surface area contributed by atoms with Crippen LogP contribution in [0.4, 0.5) is 14.4 Å². The van der Waals surface area contributed by atoms with E-state index in [4.69, 9.17) is 40.5 Å². The van der Waals surface area contributed by atoms with Gasteiger partial charge in [0, 0.05) is 91.0 Å². The van der Waals surface area contributed by atoms with Crippen LogP contribution in [0, 0.1) is 6.92 Å². The van der Waals surface area contributed by atoms with Crippen molar-refractivity contribution >= 4 is 59.1 Å². The maximum atomic E-state index is 13.3. The number of hydrogen-bond donors (Lipinski definition) is 2. The van der Waals surface area contributed by atoms with Crippen molar-refractivity contribution < 1.29 is 38.1 Å². The zero-order valence-corrected chi connectivity index (χ0v) is 50.3. The number of methoxy groups -OCH3 is 1. The number of carbonyl (C=O) groups excluding carboxylic acids is 4. The van der Waals surface area contributed by atoms with E-state index >= 15 is 0 Å². The lowest BCUT2D eigenvalue weighted by atomic mass is 9.88. The van der Waals surface area contributed by atoms with Crippen LogP contribution in [0.1, 0.15) is 139 Å². The third-order valence-electron chi connectivity index (χ3n) is 16.9. The fourth-order valence-electron chi connectivity index (χ4n) is 11.8. The average molecular weight is 1180 g/mol. The first kappa shape index (κ1) is 58.8. The summed E-state index contributed by atoms with van der Waals surface area (Å²) in [5, 5.41) is 6.94. The van der Waals surface area contributed by atoms with Crippen molar-refractivity contribution in [3.63, 3.8) is 0 Å². The average Bonchev–Trinajstić information content (AvgIpc) is 2.14. The van der Waals surface area contributed by atoms with Crippen molar-refractivity contribution in [2.24, 2.45) is 14.1 Å². The molecule has 85 heavy (non-hydrogen) atoms. The molecule has 446 valence electrons. The molecule has 0 unspecified atom stereocenters. The first-order valence-corrected chi connectivity index (χ1v) is 29.6. The van der Waals surface area contributed by atoms with Crippen molar-refractivity contribution in [3.8, 4) is 0 Å². The number of alkyl carbamates (subject to hydrolysis) is 1. The zero-order valence-electron chi connectivity index (χ0n) is 49.6. The molecular formula is C64H75ClN12O8. The molecule has 4 aliphatic carbocycles. The van der Waals surface area contributed by atoms with E-state index in [-0.39, 0.29) is 48.5 Å². The van der Waals surface area contributed by atoms with Gasteiger partial charge in [-0.1, -0.05) is 53.6 Å². The summed E-state index contributed by atoms with van der Waals surface area (Å²) >= 11 is 6.67. The van der Waals surface area contributed by atoms with E-state index in [1.807, 2.05) is 87.6 Å². The molecule has 2 aromatic carbocycles. The number of rotatable bonds is 13. The number of nitrogens with one attached hydrogen (secondary N) is 2. The first-order valence-electron chi connectivity index (χ1n) is 29.2. The zero-order chi connectivity index (χ0) is 59.7. The minimum atomic E-state index is -0.572. The monoisotopic (exact) mass is 1170 g/mol. The van der Waals surface area contributed by atoms with Gasteiger partial charge in [-0.2, -0.15) is 0 Å². The van der Waals surface area contributed by atoms with Crippen LogP contribution in [0.15, 0.2) is 98.1 Å². The van der Waals surface area contributed by atoms with Crippen LogP contribution in [0.25, 0.3) is 23.3 Å². The fraction of sp³-hybridized carbons (Fsp3) is 0.438. The minimum Gasteiger partial charge on any atom is -0.447 e. The number of aromatic nitrogens is 6. The lowest BCUT2D eigenvalue weighted by Crippen LogP contribution is -2.50. The van der Waals surface area contributed by atoms with Gasteiger partial charge in [0.2, 0.25) is 5.91 Å². The third kappa shape index (κ3) is 13.0. The van der Waals surface area contributed by atoms with Crippen LogP contribution in [0.2, 0.25) is 5.02 Å². The molecule has 2 aliphatic heterocycles. The van der Waals surface area contributed by atoms with Gasteiger partial charge in [0.25, 0.3) is 0 Å². The second-order valence-corrected chi connectivity index (χ2v) is 24.2. The van der Waals surface area contributed by atoms with Crippen molar-refractivity contribution in [3.05, 3.63) is 165 Å². The highest BCUT2D eigenvalue weighted by Crippen LogP contribution is 2.47. The van der Waals surface area contributed by atoms with Gasteiger partial charge < -0.3 is 48.5 Å². The number of imidazole rings is 2. The van der Waals surface area contributed by atoms with Gasteiger partial charge in [-0.25, -0.2) is 24.4 Å². The summed E-state index contributed by atoms with van der Waals surface area (Å²) in [7, 11) is 5.35. The lowest BCUT2D eigenvalue weighted by Gasteiger charge is -2.39. The van der Waals surface area contributed by atoms with Crippen LogP contribution in [-0.4, -0.2) is 156 Å². The molecule has 2 saturated carbocycles. The van der Waals surface area contributed by atoms with E-state index in [1.54, 1.807) is 34.8 Å². The Bertz CT molecular complexity index is 3530. The molecule has 20 nitrogen and oxygen atoms in total. The van der Waals surface area contributed by atoms with Crippen LogP contribution >= 0.6 is 11.6 Å². The maximum Gasteiger partial charge on any atom is 0.410 e. The number of hydrogen-bond acceptors (Lipinski definition) is 14. The predicted octanol–water partition coefficient (Wildman–Crippen LogP) is 9.47. The largest absolute Gasteiger partial charge is 0.447 e. The standard InChI is InChI=1S/C33H37ClN6O4.C31H38N6O4/c1-32(8-9-32)43-30(41)37-28(26-19-35-20-38(26)3)25-17-21-5-4-12-36-27(21)29(23-7-6-22(34)18-24(23)25)39-13-15-40(16-14-39)31(42)44-33(2)10-11-33;1-20(2)41-31(39)37-13-11-36(12-14-37)30-23-9-8-21(3)15-24(23)25(16-22-7-6-10-33-28(22)30)29(34-27(38)18-40-5)26-17-32-19-35(26)4/h4-7,12,17-20,28-29H,8-11,13-16H2,1-3H3,(H,37,41);6-10,15-17,19-20,29-30H,11-14,18H2,1-5H3,(H,34,38)/t28-,29+;29-,30+/m11/s1. The summed E-state index contributed by atoms with van der Waals surface area (Å²) in [5.41, 5.74) is 11.7. The number of fused-ring (bicyclic) bond motifs is 4. The maximum absolute atomic E-state index is 13.3. The molecule has 6 aromatic rings. The Kier molecular flexibility index (Phi) is 17.0.